The second-order valence-corrected chi connectivity index (χ2v) is 5.08. The van der Waals surface area contributed by atoms with Gasteiger partial charge in [-0.15, -0.1) is 0 Å². The zero-order valence-corrected chi connectivity index (χ0v) is 10.5. The number of benzene rings is 1. The molecule has 2 aliphatic rings. The lowest BCUT2D eigenvalue weighted by molar-refractivity contribution is 0.0609. The van der Waals surface area contributed by atoms with Crippen molar-refractivity contribution < 1.29 is 9.18 Å². The number of fused-ring (bicyclic) bond motifs is 2. The van der Waals surface area contributed by atoms with Crippen LogP contribution in [-0.4, -0.2) is 47.9 Å². The van der Waals surface area contributed by atoms with Crippen molar-refractivity contribution >= 4 is 5.91 Å². The Morgan fingerprint density at radius 3 is 2.95 bits per heavy atom. The smallest absolute Gasteiger partial charge is 0.254 e. The van der Waals surface area contributed by atoms with Gasteiger partial charge in [-0.25, -0.2) is 4.39 Å². The molecule has 19 heavy (non-hydrogen) atoms. The van der Waals surface area contributed by atoms with Gasteiger partial charge in [-0.1, -0.05) is 0 Å². The van der Waals surface area contributed by atoms with E-state index in [4.69, 9.17) is 5.26 Å². The van der Waals surface area contributed by atoms with Gasteiger partial charge in [0, 0.05) is 37.8 Å². The van der Waals surface area contributed by atoms with Crippen molar-refractivity contribution in [3.05, 3.63) is 35.1 Å². The molecule has 0 N–H and O–H groups in total. The van der Waals surface area contributed by atoms with Gasteiger partial charge in [0.25, 0.3) is 5.91 Å². The second kappa shape index (κ2) is 4.63. The van der Waals surface area contributed by atoms with Crippen molar-refractivity contribution in [3.8, 4) is 6.07 Å². The number of piperazine rings is 1. The van der Waals surface area contributed by atoms with Crippen molar-refractivity contribution in [1.29, 1.82) is 5.26 Å². The lowest BCUT2D eigenvalue weighted by Crippen LogP contribution is -2.49. The van der Waals surface area contributed by atoms with Crippen LogP contribution in [0, 0.1) is 17.1 Å². The van der Waals surface area contributed by atoms with E-state index in [1.165, 1.54) is 12.1 Å². The molecule has 0 aromatic heterocycles. The standard InChI is InChI=1S/C14H14FN3O/c15-12-6-10(8-16)5-11(7-12)14(19)18-4-3-17-2-1-13(18)9-17/h5-7,13H,1-4,9H2. The van der Waals surface area contributed by atoms with Gasteiger partial charge in [-0.05, 0) is 24.6 Å². The van der Waals surface area contributed by atoms with Crippen LogP contribution < -0.4 is 0 Å². The molecular weight excluding hydrogens is 245 g/mol. The molecule has 1 aromatic rings. The summed E-state index contributed by atoms with van der Waals surface area (Å²) in [6.45, 7) is 3.50. The Bertz CT molecular complexity index is 566. The Hall–Kier alpha value is -1.93. The first kappa shape index (κ1) is 12.1. The molecular formula is C14H14FN3O. The molecule has 2 aliphatic heterocycles. The van der Waals surface area contributed by atoms with Crippen molar-refractivity contribution in [3.63, 3.8) is 0 Å². The number of amides is 1. The van der Waals surface area contributed by atoms with Gasteiger partial charge in [-0.3, -0.25) is 9.69 Å². The Kier molecular flexibility index (Phi) is 2.96. The van der Waals surface area contributed by atoms with Crippen LogP contribution in [-0.2, 0) is 0 Å². The van der Waals surface area contributed by atoms with E-state index in [2.05, 4.69) is 4.90 Å². The topological polar surface area (TPSA) is 47.3 Å². The van der Waals surface area contributed by atoms with Crippen molar-refractivity contribution in [2.45, 2.75) is 12.5 Å². The average molecular weight is 259 g/mol. The minimum Gasteiger partial charge on any atom is -0.333 e. The van der Waals surface area contributed by atoms with Gasteiger partial charge in [0.2, 0.25) is 0 Å². The van der Waals surface area contributed by atoms with Gasteiger partial charge in [-0.2, -0.15) is 5.26 Å². The third-order valence-corrected chi connectivity index (χ3v) is 3.88. The highest BCUT2D eigenvalue weighted by molar-refractivity contribution is 5.95. The summed E-state index contributed by atoms with van der Waals surface area (Å²) >= 11 is 0. The van der Waals surface area contributed by atoms with Crippen LogP contribution in [0.2, 0.25) is 0 Å². The lowest BCUT2D eigenvalue weighted by Gasteiger charge is -2.34. The van der Waals surface area contributed by atoms with Gasteiger partial charge in [0.05, 0.1) is 11.6 Å². The van der Waals surface area contributed by atoms with E-state index in [1.54, 1.807) is 0 Å². The van der Waals surface area contributed by atoms with Crippen LogP contribution in [0.3, 0.4) is 0 Å². The molecule has 2 fully saturated rings. The van der Waals surface area contributed by atoms with Crippen LogP contribution in [0.1, 0.15) is 22.3 Å². The van der Waals surface area contributed by atoms with Gasteiger partial charge < -0.3 is 4.90 Å². The fourth-order valence-electron chi connectivity index (χ4n) is 2.91. The summed E-state index contributed by atoms with van der Waals surface area (Å²) in [6, 6.07) is 5.93. The maximum atomic E-state index is 13.4. The van der Waals surface area contributed by atoms with E-state index in [-0.39, 0.29) is 23.1 Å². The molecule has 2 saturated heterocycles. The third-order valence-electron chi connectivity index (χ3n) is 3.88. The van der Waals surface area contributed by atoms with E-state index in [1.807, 2.05) is 11.0 Å². The second-order valence-electron chi connectivity index (χ2n) is 5.08. The van der Waals surface area contributed by atoms with Crippen LogP contribution in [0.4, 0.5) is 4.39 Å². The molecule has 5 heteroatoms. The van der Waals surface area contributed by atoms with Gasteiger partial charge >= 0.3 is 0 Å². The SMILES string of the molecule is N#Cc1cc(F)cc(C(=O)N2CCN3CCC2C3)c1. The minimum absolute atomic E-state index is 0.164. The Morgan fingerprint density at radius 2 is 2.16 bits per heavy atom. The summed E-state index contributed by atoms with van der Waals surface area (Å²) in [5.41, 5.74) is 0.463. The number of nitriles is 1. The van der Waals surface area contributed by atoms with Gasteiger partial charge in [0.1, 0.15) is 5.82 Å². The predicted molar refractivity (Wildman–Crippen MR) is 67.0 cm³/mol. The van der Waals surface area contributed by atoms with Crippen molar-refractivity contribution in [2.75, 3.05) is 26.2 Å². The summed E-state index contributed by atoms with van der Waals surface area (Å²) in [6.07, 6.45) is 0.978. The summed E-state index contributed by atoms with van der Waals surface area (Å²) < 4.78 is 13.4. The van der Waals surface area contributed by atoms with Crippen LogP contribution in [0.5, 0.6) is 0 Å². The number of rotatable bonds is 1. The van der Waals surface area contributed by atoms with E-state index < -0.39 is 5.82 Å². The van der Waals surface area contributed by atoms with E-state index in [0.29, 0.717) is 6.54 Å². The Morgan fingerprint density at radius 1 is 1.32 bits per heavy atom. The van der Waals surface area contributed by atoms with E-state index >= 15 is 0 Å². The zero-order chi connectivity index (χ0) is 13.4. The number of carbonyl (C=O) groups excluding carboxylic acids is 1. The fourth-order valence-corrected chi connectivity index (χ4v) is 2.91. The van der Waals surface area contributed by atoms with Crippen molar-refractivity contribution in [2.24, 2.45) is 0 Å². The first-order valence-electron chi connectivity index (χ1n) is 6.41. The number of hydrogen-bond acceptors (Lipinski definition) is 3. The first-order valence-corrected chi connectivity index (χ1v) is 6.41. The average Bonchev–Trinajstić information content (AvgIpc) is 2.79. The van der Waals surface area contributed by atoms with Crippen LogP contribution in [0.15, 0.2) is 18.2 Å². The molecule has 2 unspecified atom stereocenters. The fraction of sp³-hybridized carbons (Fsp3) is 0.429. The number of halogens is 1. The molecule has 2 bridgehead atoms. The highest BCUT2D eigenvalue weighted by Crippen LogP contribution is 2.23. The zero-order valence-electron chi connectivity index (χ0n) is 10.5. The summed E-state index contributed by atoms with van der Waals surface area (Å²) in [4.78, 5) is 16.6. The Labute approximate surface area is 111 Å². The molecule has 1 aromatic carbocycles. The molecule has 0 radical (unpaired) electrons. The largest absolute Gasteiger partial charge is 0.333 e. The summed E-state index contributed by atoms with van der Waals surface area (Å²) in [5, 5.41) is 8.84. The molecule has 3 rings (SSSR count). The summed E-state index contributed by atoms with van der Waals surface area (Å²) in [5.74, 6) is -0.699. The maximum absolute atomic E-state index is 13.4. The molecule has 2 atom stereocenters. The molecule has 2 heterocycles. The van der Waals surface area contributed by atoms with Crippen LogP contribution in [0.25, 0.3) is 0 Å². The highest BCUT2D eigenvalue weighted by Gasteiger charge is 2.35. The Balaban J connectivity index is 1.87. The maximum Gasteiger partial charge on any atom is 0.254 e. The van der Waals surface area contributed by atoms with Crippen LogP contribution >= 0.6 is 0 Å². The molecule has 0 saturated carbocycles. The molecule has 0 spiro atoms. The first-order chi connectivity index (χ1) is 9.17. The normalized spacial score (nSPS) is 25.2. The molecule has 1 amide bonds. The van der Waals surface area contributed by atoms with E-state index in [9.17, 15) is 9.18 Å². The van der Waals surface area contributed by atoms with E-state index in [0.717, 1.165) is 32.1 Å². The molecule has 4 nitrogen and oxygen atoms in total. The number of carbonyl (C=O) groups is 1. The predicted octanol–water partition coefficient (Wildman–Crippen LogP) is 1.23. The highest BCUT2D eigenvalue weighted by atomic mass is 19.1. The quantitative estimate of drug-likeness (QED) is 0.762. The third kappa shape index (κ3) is 2.20. The van der Waals surface area contributed by atoms with Gasteiger partial charge in [0.15, 0.2) is 0 Å². The molecule has 98 valence electrons. The minimum atomic E-state index is -0.535. The van der Waals surface area contributed by atoms with Crippen molar-refractivity contribution in [1.82, 2.24) is 9.80 Å². The monoisotopic (exact) mass is 259 g/mol. The summed E-state index contributed by atoms with van der Waals surface area (Å²) in [7, 11) is 0. The number of nitrogens with zero attached hydrogens (tertiary/aromatic N) is 3. The molecule has 0 aliphatic carbocycles. The lowest BCUT2D eigenvalue weighted by atomic mass is 10.1. The number of hydrogen-bond donors (Lipinski definition) is 0.